The summed E-state index contributed by atoms with van der Waals surface area (Å²) in [5.74, 6) is 0.910. The average Bonchev–Trinajstić information content (AvgIpc) is 3.18. The van der Waals surface area contributed by atoms with Crippen LogP contribution in [0.4, 0.5) is 0 Å². The van der Waals surface area contributed by atoms with Gasteiger partial charge in [0.1, 0.15) is 5.82 Å². The molecular formula is C16H25N5S. The molecule has 0 N–H and O–H groups in total. The van der Waals surface area contributed by atoms with Crippen LogP contribution in [0, 0.1) is 6.92 Å². The predicted molar refractivity (Wildman–Crippen MR) is 89.0 cm³/mol. The molecule has 1 aliphatic rings. The molecule has 3 heterocycles. The number of nitrogens with zero attached hydrogens (tertiary/aromatic N) is 5. The highest BCUT2D eigenvalue weighted by Gasteiger charge is 2.21. The van der Waals surface area contributed by atoms with Crippen molar-refractivity contribution in [3.05, 3.63) is 28.2 Å². The largest absolute Gasteiger partial charge is 0.300 e. The fraction of sp³-hybridized carbons (Fsp3) is 0.688. The van der Waals surface area contributed by atoms with Crippen molar-refractivity contribution >= 4 is 11.3 Å². The minimum atomic E-state index is 0.755. The number of hydrogen-bond donors (Lipinski definition) is 0. The Labute approximate surface area is 136 Å². The number of aromatic nitrogens is 4. The van der Waals surface area contributed by atoms with Crippen molar-refractivity contribution in [2.24, 2.45) is 0 Å². The molecule has 1 saturated heterocycles. The first-order chi connectivity index (χ1) is 10.8. The van der Waals surface area contributed by atoms with Crippen LogP contribution in [0.25, 0.3) is 0 Å². The van der Waals surface area contributed by atoms with E-state index in [2.05, 4.69) is 37.9 Å². The van der Waals surface area contributed by atoms with Gasteiger partial charge in [0.25, 0.3) is 0 Å². The number of hydrogen-bond acceptors (Lipinski definition) is 5. The first-order valence-electron chi connectivity index (χ1n) is 8.32. The van der Waals surface area contributed by atoms with Crippen LogP contribution in [0.15, 0.2) is 17.5 Å². The summed E-state index contributed by atoms with van der Waals surface area (Å²) in [4.78, 5) is 4.21. The van der Waals surface area contributed by atoms with Crippen molar-refractivity contribution in [3.8, 4) is 0 Å². The van der Waals surface area contributed by atoms with Gasteiger partial charge < -0.3 is 4.90 Å². The summed E-state index contributed by atoms with van der Waals surface area (Å²) >= 11 is 1.89. The maximum absolute atomic E-state index is 4.03. The molecule has 5 nitrogen and oxygen atoms in total. The van der Waals surface area contributed by atoms with Crippen molar-refractivity contribution < 1.29 is 0 Å². The molecular weight excluding hydrogens is 294 g/mol. The maximum Gasteiger partial charge on any atom is 0.148 e. The molecule has 0 unspecified atom stereocenters. The highest BCUT2D eigenvalue weighted by atomic mass is 32.1. The third-order valence-electron chi connectivity index (χ3n) is 4.58. The Hall–Kier alpha value is -1.27. The minimum absolute atomic E-state index is 0.755. The van der Waals surface area contributed by atoms with E-state index in [9.17, 15) is 0 Å². The zero-order chi connectivity index (χ0) is 15.2. The lowest BCUT2D eigenvalue weighted by Gasteiger charge is -2.35. The van der Waals surface area contributed by atoms with Crippen molar-refractivity contribution in [1.82, 2.24) is 25.1 Å². The third kappa shape index (κ3) is 4.14. The lowest BCUT2D eigenvalue weighted by Crippen LogP contribution is -2.40. The number of rotatable bonds is 7. The molecule has 0 amide bonds. The molecule has 6 heteroatoms. The van der Waals surface area contributed by atoms with E-state index in [4.69, 9.17) is 0 Å². The molecule has 0 saturated carbocycles. The van der Waals surface area contributed by atoms with Crippen LogP contribution >= 0.6 is 11.3 Å². The Morgan fingerprint density at radius 1 is 1.32 bits per heavy atom. The van der Waals surface area contributed by atoms with Gasteiger partial charge in [-0.3, -0.25) is 0 Å². The van der Waals surface area contributed by atoms with Crippen molar-refractivity contribution in [1.29, 1.82) is 0 Å². The number of piperidine rings is 1. The van der Waals surface area contributed by atoms with Gasteiger partial charge in [-0.1, -0.05) is 12.5 Å². The lowest BCUT2D eigenvalue weighted by atomic mass is 9.97. The zero-order valence-electron chi connectivity index (χ0n) is 13.3. The summed E-state index contributed by atoms with van der Waals surface area (Å²) in [6.07, 6.45) is 7.74. The molecule has 120 valence electrons. The maximum atomic E-state index is 4.03. The second-order valence-electron chi connectivity index (χ2n) is 6.11. The van der Waals surface area contributed by atoms with Crippen molar-refractivity contribution in [3.63, 3.8) is 0 Å². The summed E-state index contributed by atoms with van der Waals surface area (Å²) in [6, 6.07) is 5.18. The molecule has 3 rings (SSSR count). The third-order valence-corrected chi connectivity index (χ3v) is 5.52. The first kappa shape index (κ1) is 15.6. The molecule has 0 aliphatic carbocycles. The molecule has 1 aliphatic heterocycles. The van der Waals surface area contributed by atoms with E-state index >= 15 is 0 Å². The first-order valence-corrected chi connectivity index (χ1v) is 9.20. The van der Waals surface area contributed by atoms with Gasteiger partial charge in [-0.05, 0) is 67.4 Å². The highest BCUT2D eigenvalue weighted by Crippen LogP contribution is 2.22. The van der Waals surface area contributed by atoms with Gasteiger partial charge in [0.2, 0.25) is 0 Å². The van der Waals surface area contributed by atoms with Crippen LogP contribution < -0.4 is 0 Å². The van der Waals surface area contributed by atoms with Gasteiger partial charge in [-0.15, -0.1) is 16.4 Å². The SMILES string of the molecule is Cc1nnnn1CCCN1CCCC[C@@H]1CCc1cccs1. The monoisotopic (exact) mass is 319 g/mol. The summed E-state index contributed by atoms with van der Waals surface area (Å²) in [6.45, 7) is 5.30. The van der Waals surface area contributed by atoms with Crippen LogP contribution in [-0.4, -0.2) is 44.2 Å². The Morgan fingerprint density at radius 2 is 2.27 bits per heavy atom. The molecule has 22 heavy (non-hydrogen) atoms. The molecule has 2 aromatic heterocycles. The van der Waals surface area contributed by atoms with Gasteiger partial charge in [0, 0.05) is 24.0 Å². The van der Waals surface area contributed by atoms with Crippen molar-refractivity contribution in [2.75, 3.05) is 13.1 Å². The molecule has 0 aromatic carbocycles. The Balaban J connectivity index is 1.46. The van der Waals surface area contributed by atoms with Crippen LogP contribution in [-0.2, 0) is 13.0 Å². The molecule has 0 bridgehead atoms. The second kappa shape index (κ2) is 7.83. The van der Waals surface area contributed by atoms with Gasteiger partial charge in [-0.2, -0.15) is 0 Å². The van der Waals surface area contributed by atoms with Gasteiger partial charge in [-0.25, -0.2) is 4.68 Å². The average molecular weight is 319 g/mol. The molecule has 2 aromatic rings. The highest BCUT2D eigenvalue weighted by molar-refractivity contribution is 7.09. The summed E-state index contributed by atoms with van der Waals surface area (Å²) in [5.41, 5.74) is 0. The quantitative estimate of drug-likeness (QED) is 0.787. The summed E-state index contributed by atoms with van der Waals surface area (Å²) < 4.78 is 1.91. The van der Waals surface area contributed by atoms with Crippen LogP contribution in [0.3, 0.4) is 0 Å². The molecule has 0 radical (unpaired) electrons. The van der Waals surface area contributed by atoms with Gasteiger partial charge >= 0.3 is 0 Å². The molecule has 1 atom stereocenters. The van der Waals surface area contributed by atoms with E-state index in [1.165, 1.54) is 43.5 Å². The lowest BCUT2D eigenvalue weighted by molar-refractivity contribution is 0.136. The van der Waals surface area contributed by atoms with E-state index in [0.717, 1.165) is 31.4 Å². The Bertz CT molecular complexity index is 551. The summed E-state index contributed by atoms with van der Waals surface area (Å²) in [7, 11) is 0. The van der Waals surface area contributed by atoms with Crippen LogP contribution in [0.2, 0.25) is 0 Å². The van der Waals surface area contributed by atoms with E-state index in [-0.39, 0.29) is 0 Å². The predicted octanol–water partition coefficient (Wildman–Crippen LogP) is 2.92. The normalized spacial score (nSPS) is 19.6. The van der Waals surface area contributed by atoms with Gasteiger partial charge in [0.05, 0.1) is 0 Å². The van der Waals surface area contributed by atoms with E-state index in [1.807, 2.05) is 22.9 Å². The van der Waals surface area contributed by atoms with Gasteiger partial charge in [0.15, 0.2) is 0 Å². The van der Waals surface area contributed by atoms with Crippen LogP contribution in [0.1, 0.15) is 42.8 Å². The molecule has 1 fully saturated rings. The Morgan fingerprint density at radius 3 is 3.05 bits per heavy atom. The minimum Gasteiger partial charge on any atom is -0.300 e. The number of tetrazole rings is 1. The molecule has 0 spiro atoms. The fourth-order valence-corrected chi connectivity index (χ4v) is 4.05. The second-order valence-corrected chi connectivity index (χ2v) is 7.14. The Kier molecular flexibility index (Phi) is 5.56. The number of thiophene rings is 1. The number of aryl methyl sites for hydroxylation is 3. The fourth-order valence-electron chi connectivity index (χ4n) is 3.32. The standard InChI is InChI=1S/C16H25N5S/c1-14-17-18-19-21(14)12-5-11-20-10-3-2-6-15(20)8-9-16-7-4-13-22-16/h4,7,13,15H,2-3,5-6,8-12H2,1H3/t15-/m1/s1. The zero-order valence-corrected chi connectivity index (χ0v) is 14.1. The van der Waals surface area contributed by atoms with Crippen molar-refractivity contribution in [2.45, 2.75) is 58.0 Å². The van der Waals surface area contributed by atoms with E-state index in [1.54, 1.807) is 0 Å². The topological polar surface area (TPSA) is 46.8 Å². The van der Waals surface area contributed by atoms with E-state index < -0.39 is 0 Å². The summed E-state index contributed by atoms with van der Waals surface area (Å²) in [5, 5.41) is 13.9. The van der Waals surface area contributed by atoms with E-state index in [0.29, 0.717) is 0 Å². The number of likely N-dealkylation sites (tertiary alicyclic amines) is 1. The smallest absolute Gasteiger partial charge is 0.148 e. The van der Waals surface area contributed by atoms with Crippen LogP contribution in [0.5, 0.6) is 0 Å².